The summed E-state index contributed by atoms with van der Waals surface area (Å²) in [6.45, 7) is 6.07. The van der Waals surface area contributed by atoms with Crippen molar-refractivity contribution < 1.29 is 4.92 Å². The lowest BCUT2D eigenvalue weighted by atomic mass is 10.3. The quantitative estimate of drug-likeness (QED) is 0.678. The van der Waals surface area contributed by atoms with Crippen molar-refractivity contribution in [1.82, 2.24) is 0 Å². The highest BCUT2D eigenvalue weighted by Gasteiger charge is 2.13. The normalized spacial score (nSPS) is 9.86. The maximum Gasteiger partial charge on any atom is 0.326 e. The number of nitrogens with one attached hydrogen (secondary N) is 1. The zero-order chi connectivity index (χ0) is 10.7. The van der Waals surface area contributed by atoms with Crippen molar-refractivity contribution in [3.05, 3.63) is 32.8 Å². The maximum absolute atomic E-state index is 10.5. The fourth-order valence-corrected chi connectivity index (χ4v) is 1.93. The molecular formula is C8H9BrN2O2S. The first-order valence-corrected chi connectivity index (χ1v) is 5.43. The van der Waals surface area contributed by atoms with Gasteiger partial charge in [-0.1, -0.05) is 22.5 Å². The van der Waals surface area contributed by atoms with Crippen molar-refractivity contribution in [3.63, 3.8) is 0 Å². The average Bonchev–Trinajstić information content (AvgIpc) is 2.43. The van der Waals surface area contributed by atoms with Gasteiger partial charge in [-0.05, 0) is 23.8 Å². The van der Waals surface area contributed by atoms with Crippen molar-refractivity contribution in [2.24, 2.45) is 0 Å². The Hall–Kier alpha value is -0.880. The van der Waals surface area contributed by atoms with Crippen LogP contribution < -0.4 is 5.32 Å². The minimum absolute atomic E-state index is 0.158. The molecule has 14 heavy (non-hydrogen) atoms. The third-order valence-electron chi connectivity index (χ3n) is 1.53. The van der Waals surface area contributed by atoms with E-state index in [9.17, 15) is 10.1 Å². The van der Waals surface area contributed by atoms with Gasteiger partial charge in [0.25, 0.3) is 0 Å². The van der Waals surface area contributed by atoms with Gasteiger partial charge < -0.3 is 5.32 Å². The Kier molecular flexibility index (Phi) is 3.65. The topological polar surface area (TPSA) is 55.2 Å². The number of nitro groups is 1. The number of halogens is 1. The Morgan fingerprint density at radius 1 is 1.86 bits per heavy atom. The molecule has 0 aliphatic rings. The standard InChI is InChI=1S/C8H9BrN2O2S/c1-5-3-7(11(12)13)14-8(5)10-4-6(2)9/h3,10H,2,4H2,1H3. The van der Waals surface area contributed by atoms with Crippen LogP contribution in [0.15, 0.2) is 17.1 Å². The van der Waals surface area contributed by atoms with Crippen LogP contribution in [0.25, 0.3) is 0 Å². The van der Waals surface area contributed by atoms with Crippen LogP contribution in [-0.2, 0) is 0 Å². The van der Waals surface area contributed by atoms with Gasteiger partial charge in [-0.3, -0.25) is 10.1 Å². The van der Waals surface area contributed by atoms with Crippen molar-refractivity contribution in [1.29, 1.82) is 0 Å². The zero-order valence-electron chi connectivity index (χ0n) is 7.54. The van der Waals surface area contributed by atoms with Gasteiger partial charge in [0.1, 0.15) is 0 Å². The number of hydrogen-bond acceptors (Lipinski definition) is 4. The predicted octanol–water partition coefficient (Wildman–Crippen LogP) is 3.29. The van der Waals surface area contributed by atoms with Crippen LogP contribution in [-0.4, -0.2) is 11.5 Å². The summed E-state index contributed by atoms with van der Waals surface area (Å²) in [6, 6.07) is 1.56. The van der Waals surface area contributed by atoms with Crippen molar-refractivity contribution in [2.45, 2.75) is 6.92 Å². The fraction of sp³-hybridized carbons (Fsp3) is 0.250. The molecule has 1 rings (SSSR count). The number of anilines is 1. The lowest BCUT2D eigenvalue weighted by Crippen LogP contribution is -1.99. The van der Waals surface area contributed by atoms with E-state index in [0.717, 1.165) is 26.4 Å². The van der Waals surface area contributed by atoms with Gasteiger partial charge in [0, 0.05) is 17.1 Å². The molecule has 0 aliphatic heterocycles. The van der Waals surface area contributed by atoms with E-state index < -0.39 is 0 Å². The van der Waals surface area contributed by atoms with E-state index >= 15 is 0 Å². The van der Waals surface area contributed by atoms with E-state index in [2.05, 4.69) is 27.8 Å². The van der Waals surface area contributed by atoms with Gasteiger partial charge in [0.05, 0.1) is 9.92 Å². The molecule has 76 valence electrons. The molecule has 1 aromatic heterocycles. The van der Waals surface area contributed by atoms with Gasteiger partial charge >= 0.3 is 5.00 Å². The summed E-state index contributed by atoms with van der Waals surface area (Å²) >= 11 is 4.34. The van der Waals surface area contributed by atoms with Crippen LogP contribution in [0.2, 0.25) is 0 Å². The minimum Gasteiger partial charge on any atom is -0.372 e. The van der Waals surface area contributed by atoms with Crippen LogP contribution in [0, 0.1) is 17.0 Å². The number of aryl methyl sites for hydroxylation is 1. The molecule has 0 aliphatic carbocycles. The van der Waals surface area contributed by atoms with E-state index in [1.165, 1.54) is 0 Å². The Balaban J connectivity index is 2.77. The smallest absolute Gasteiger partial charge is 0.326 e. The molecule has 0 bridgehead atoms. The third kappa shape index (κ3) is 2.81. The van der Waals surface area contributed by atoms with E-state index in [1.807, 2.05) is 6.92 Å². The van der Waals surface area contributed by atoms with Crippen molar-refractivity contribution >= 4 is 37.3 Å². The molecule has 0 atom stereocenters. The Labute approximate surface area is 93.9 Å². The van der Waals surface area contributed by atoms with Crippen molar-refractivity contribution in [2.75, 3.05) is 11.9 Å². The molecule has 0 saturated heterocycles. The van der Waals surface area contributed by atoms with E-state index in [0.29, 0.717) is 6.54 Å². The molecule has 0 spiro atoms. The highest BCUT2D eigenvalue weighted by atomic mass is 79.9. The summed E-state index contributed by atoms with van der Waals surface area (Å²) in [7, 11) is 0. The molecule has 0 fully saturated rings. The van der Waals surface area contributed by atoms with Crippen LogP contribution in [0.5, 0.6) is 0 Å². The fourth-order valence-electron chi connectivity index (χ4n) is 0.907. The second-order valence-electron chi connectivity index (χ2n) is 2.72. The highest BCUT2D eigenvalue weighted by molar-refractivity contribution is 9.11. The molecule has 1 aromatic rings. The molecule has 0 aromatic carbocycles. The highest BCUT2D eigenvalue weighted by Crippen LogP contribution is 2.32. The van der Waals surface area contributed by atoms with Gasteiger partial charge in [0.15, 0.2) is 0 Å². The summed E-state index contributed by atoms with van der Waals surface area (Å²) in [6.07, 6.45) is 0. The first kappa shape index (κ1) is 11.2. The summed E-state index contributed by atoms with van der Waals surface area (Å²) in [5.74, 6) is 0. The molecule has 6 heteroatoms. The zero-order valence-corrected chi connectivity index (χ0v) is 9.94. The largest absolute Gasteiger partial charge is 0.372 e. The Morgan fingerprint density at radius 2 is 2.50 bits per heavy atom. The summed E-state index contributed by atoms with van der Waals surface area (Å²) < 4.78 is 0.813. The van der Waals surface area contributed by atoms with Crippen LogP contribution in [0.1, 0.15) is 5.56 Å². The van der Waals surface area contributed by atoms with Crippen LogP contribution in [0.4, 0.5) is 10.0 Å². The summed E-state index contributed by atoms with van der Waals surface area (Å²) in [5, 5.41) is 14.5. The van der Waals surface area contributed by atoms with Crippen molar-refractivity contribution in [3.8, 4) is 0 Å². The maximum atomic E-state index is 10.5. The molecule has 0 radical (unpaired) electrons. The minimum atomic E-state index is -0.383. The lowest BCUT2D eigenvalue weighted by Gasteiger charge is -2.01. The summed E-state index contributed by atoms with van der Waals surface area (Å²) in [5.41, 5.74) is 0.885. The summed E-state index contributed by atoms with van der Waals surface area (Å²) in [4.78, 5) is 10.1. The first-order chi connectivity index (χ1) is 6.50. The van der Waals surface area contributed by atoms with E-state index in [1.54, 1.807) is 6.07 Å². The lowest BCUT2D eigenvalue weighted by molar-refractivity contribution is -0.380. The molecule has 0 saturated carbocycles. The molecule has 0 amide bonds. The number of hydrogen-bond donors (Lipinski definition) is 1. The van der Waals surface area contributed by atoms with Crippen LogP contribution in [0.3, 0.4) is 0 Å². The number of rotatable bonds is 4. The van der Waals surface area contributed by atoms with Gasteiger partial charge in [-0.25, -0.2) is 0 Å². The third-order valence-corrected chi connectivity index (χ3v) is 2.95. The first-order valence-electron chi connectivity index (χ1n) is 3.82. The molecule has 1 N–H and O–H groups in total. The van der Waals surface area contributed by atoms with Gasteiger partial charge in [-0.2, -0.15) is 0 Å². The molecule has 4 nitrogen and oxygen atoms in total. The Morgan fingerprint density at radius 3 is 2.93 bits per heavy atom. The van der Waals surface area contributed by atoms with Gasteiger partial charge in [0.2, 0.25) is 0 Å². The van der Waals surface area contributed by atoms with Crippen LogP contribution >= 0.6 is 27.3 Å². The predicted molar refractivity (Wildman–Crippen MR) is 62.3 cm³/mol. The van der Waals surface area contributed by atoms with E-state index in [4.69, 9.17) is 0 Å². The Bertz CT molecular complexity index is 375. The molecular weight excluding hydrogens is 268 g/mol. The molecule has 1 heterocycles. The van der Waals surface area contributed by atoms with Gasteiger partial charge in [-0.15, -0.1) is 0 Å². The number of thiophene rings is 1. The monoisotopic (exact) mass is 276 g/mol. The molecule has 0 unspecified atom stereocenters. The second-order valence-corrected chi connectivity index (χ2v) is 4.88. The average molecular weight is 277 g/mol. The van der Waals surface area contributed by atoms with E-state index in [-0.39, 0.29) is 9.92 Å². The second kappa shape index (κ2) is 4.56. The SMILES string of the molecule is C=C(Br)CNc1sc([N+](=O)[O-])cc1C. The number of nitrogens with zero attached hydrogens (tertiary/aromatic N) is 1.